The van der Waals surface area contributed by atoms with Crippen LogP contribution in [0.25, 0.3) is 0 Å². The quantitative estimate of drug-likeness (QED) is 0.146. The summed E-state index contributed by atoms with van der Waals surface area (Å²) in [6.45, 7) is 0.409. The number of rotatable bonds is 7. The largest absolute Gasteiger partial charge is 0.370 e. The van der Waals surface area contributed by atoms with Crippen LogP contribution >= 0.6 is 22.6 Å². The molecule has 92 valence electrons. The SMILES string of the molecule is NC(=O)[C@H](CCCN=C(N)N)NC(=O)CI. The van der Waals surface area contributed by atoms with E-state index in [4.69, 9.17) is 17.2 Å². The summed E-state index contributed by atoms with van der Waals surface area (Å²) < 4.78 is 0.287. The van der Waals surface area contributed by atoms with Crippen LogP contribution in [0.1, 0.15) is 12.8 Å². The molecule has 0 saturated heterocycles. The molecule has 0 rings (SSSR count). The number of carbonyl (C=O) groups is 2. The molecule has 0 spiro atoms. The van der Waals surface area contributed by atoms with E-state index in [9.17, 15) is 9.59 Å². The average Bonchev–Trinajstić information content (AvgIpc) is 2.21. The van der Waals surface area contributed by atoms with Gasteiger partial charge in [0.05, 0.1) is 4.43 Å². The first-order valence-electron chi connectivity index (χ1n) is 4.67. The second-order valence-corrected chi connectivity index (χ2v) is 3.87. The zero-order valence-corrected chi connectivity index (χ0v) is 10.9. The lowest BCUT2D eigenvalue weighted by molar-refractivity contribution is -0.126. The fraction of sp³-hybridized carbons (Fsp3) is 0.625. The maximum Gasteiger partial charge on any atom is 0.240 e. The number of aliphatic imine (C=N–C) groups is 1. The number of carbonyl (C=O) groups excluding carboxylic acids is 2. The van der Waals surface area contributed by atoms with Crippen LogP contribution in [0.2, 0.25) is 0 Å². The van der Waals surface area contributed by atoms with Crippen LogP contribution in [0.3, 0.4) is 0 Å². The Hall–Kier alpha value is -1.06. The number of nitrogens with one attached hydrogen (secondary N) is 1. The van der Waals surface area contributed by atoms with Gasteiger partial charge in [0.1, 0.15) is 6.04 Å². The number of nitrogens with two attached hydrogens (primary N) is 3. The number of nitrogens with zero attached hydrogens (tertiary/aromatic N) is 1. The molecule has 7 N–H and O–H groups in total. The van der Waals surface area contributed by atoms with Crippen LogP contribution in [0.15, 0.2) is 4.99 Å². The Balaban J connectivity index is 4.00. The van der Waals surface area contributed by atoms with Gasteiger partial charge in [0, 0.05) is 6.54 Å². The molecule has 0 unspecified atom stereocenters. The minimum atomic E-state index is -0.656. The Morgan fingerprint density at radius 3 is 2.38 bits per heavy atom. The summed E-state index contributed by atoms with van der Waals surface area (Å²) in [6, 6.07) is -0.656. The third kappa shape index (κ3) is 7.26. The molecular formula is C8H16IN5O2. The van der Waals surface area contributed by atoms with Crippen molar-refractivity contribution in [2.45, 2.75) is 18.9 Å². The Morgan fingerprint density at radius 1 is 1.31 bits per heavy atom. The molecule has 0 bridgehead atoms. The van der Waals surface area contributed by atoms with Gasteiger partial charge in [-0.05, 0) is 12.8 Å². The van der Waals surface area contributed by atoms with Crippen molar-refractivity contribution in [3.05, 3.63) is 0 Å². The predicted molar refractivity (Wildman–Crippen MR) is 69.9 cm³/mol. The number of amides is 2. The van der Waals surface area contributed by atoms with Gasteiger partial charge >= 0.3 is 0 Å². The topological polar surface area (TPSA) is 137 Å². The molecule has 16 heavy (non-hydrogen) atoms. The Morgan fingerprint density at radius 2 is 1.94 bits per heavy atom. The molecule has 0 aliphatic heterocycles. The summed E-state index contributed by atoms with van der Waals surface area (Å²) in [4.78, 5) is 25.8. The van der Waals surface area contributed by atoms with Gasteiger partial charge in [-0.1, -0.05) is 22.6 Å². The second kappa shape index (κ2) is 8.13. The highest BCUT2D eigenvalue weighted by Gasteiger charge is 2.16. The van der Waals surface area contributed by atoms with Gasteiger partial charge in [-0.15, -0.1) is 0 Å². The third-order valence-electron chi connectivity index (χ3n) is 1.75. The first-order valence-corrected chi connectivity index (χ1v) is 6.20. The first-order chi connectivity index (χ1) is 7.47. The van der Waals surface area contributed by atoms with Crippen molar-refractivity contribution in [2.75, 3.05) is 11.0 Å². The van der Waals surface area contributed by atoms with E-state index in [1.54, 1.807) is 0 Å². The Kier molecular flexibility index (Phi) is 7.60. The van der Waals surface area contributed by atoms with Crippen molar-refractivity contribution in [1.82, 2.24) is 5.32 Å². The molecule has 0 aliphatic rings. The fourth-order valence-electron chi connectivity index (χ4n) is 1.02. The van der Waals surface area contributed by atoms with Crippen molar-refractivity contribution in [2.24, 2.45) is 22.2 Å². The number of halogens is 1. The van der Waals surface area contributed by atoms with Gasteiger partial charge in [0.2, 0.25) is 11.8 Å². The van der Waals surface area contributed by atoms with Crippen molar-refractivity contribution in [3.8, 4) is 0 Å². The second-order valence-electron chi connectivity index (χ2n) is 3.10. The highest BCUT2D eigenvalue weighted by molar-refractivity contribution is 14.1. The van der Waals surface area contributed by atoms with Crippen LogP contribution in [0, 0.1) is 0 Å². The van der Waals surface area contributed by atoms with Crippen LogP contribution in [0.5, 0.6) is 0 Å². The van der Waals surface area contributed by atoms with Crippen LogP contribution in [-0.4, -0.2) is 34.8 Å². The van der Waals surface area contributed by atoms with E-state index in [2.05, 4.69) is 10.3 Å². The highest BCUT2D eigenvalue weighted by Crippen LogP contribution is 1.98. The van der Waals surface area contributed by atoms with E-state index < -0.39 is 11.9 Å². The van der Waals surface area contributed by atoms with Crippen LogP contribution < -0.4 is 22.5 Å². The van der Waals surface area contributed by atoms with Crippen molar-refractivity contribution in [3.63, 3.8) is 0 Å². The lowest BCUT2D eigenvalue weighted by Crippen LogP contribution is -2.44. The van der Waals surface area contributed by atoms with Crippen molar-refractivity contribution in [1.29, 1.82) is 0 Å². The Bertz CT molecular complexity index is 278. The average molecular weight is 341 g/mol. The third-order valence-corrected chi connectivity index (χ3v) is 2.44. The molecule has 0 saturated carbocycles. The van der Waals surface area contributed by atoms with Crippen LogP contribution in [0.4, 0.5) is 0 Å². The number of hydrogen-bond donors (Lipinski definition) is 4. The van der Waals surface area contributed by atoms with E-state index in [0.717, 1.165) is 0 Å². The molecule has 0 radical (unpaired) electrons. The highest BCUT2D eigenvalue weighted by atomic mass is 127. The van der Waals surface area contributed by atoms with Gasteiger partial charge in [-0.2, -0.15) is 0 Å². The molecule has 0 fully saturated rings. The lowest BCUT2D eigenvalue weighted by Gasteiger charge is -2.13. The Labute approximate surface area is 107 Å². The summed E-state index contributed by atoms with van der Waals surface area (Å²) in [7, 11) is 0. The number of alkyl halides is 1. The molecule has 1 atom stereocenters. The maximum absolute atomic E-state index is 11.1. The predicted octanol–water partition coefficient (Wildman–Crippen LogP) is -1.55. The van der Waals surface area contributed by atoms with E-state index in [0.29, 0.717) is 19.4 Å². The standard InChI is InChI=1S/C8H16IN5O2/c9-4-6(15)14-5(7(10)16)2-1-3-13-8(11)12/h5H,1-4H2,(H2,10,16)(H,14,15)(H4,11,12,13)/t5-/m0/s1. The zero-order chi connectivity index (χ0) is 12.6. The smallest absolute Gasteiger partial charge is 0.240 e. The minimum Gasteiger partial charge on any atom is -0.370 e. The monoisotopic (exact) mass is 341 g/mol. The minimum absolute atomic E-state index is 0.00641. The molecular weight excluding hydrogens is 325 g/mol. The van der Waals surface area contributed by atoms with E-state index in [1.807, 2.05) is 22.6 Å². The van der Waals surface area contributed by atoms with Crippen LogP contribution in [-0.2, 0) is 9.59 Å². The maximum atomic E-state index is 11.1. The van der Waals surface area contributed by atoms with Gasteiger partial charge in [-0.3, -0.25) is 14.6 Å². The molecule has 0 heterocycles. The van der Waals surface area contributed by atoms with E-state index in [-0.39, 0.29) is 16.3 Å². The van der Waals surface area contributed by atoms with E-state index >= 15 is 0 Å². The van der Waals surface area contributed by atoms with Crippen molar-refractivity contribution >= 4 is 40.4 Å². The summed E-state index contributed by atoms with van der Waals surface area (Å²) in [5, 5.41) is 2.52. The number of primary amides is 1. The summed E-state index contributed by atoms with van der Waals surface area (Å²) >= 11 is 1.90. The van der Waals surface area contributed by atoms with Gasteiger partial charge < -0.3 is 22.5 Å². The van der Waals surface area contributed by atoms with Gasteiger partial charge in [-0.25, -0.2) is 0 Å². The zero-order valence-electron chi connectivity index (χ0n) is 8.78. The normalized spacial score (nSPS) is 11.6. The number of hydrogen-bond acceptors (Lipinski definition) is 3. The molecule has 0 aromatic carbocycles. The van der Waals surface area contributed by atoms with E-state index in [1.165, 1.54) is 0 Å². The van der Waals surface area contributed by atoms with Crippen molar-refractivity contribution < 1.29 is 9.59 Å². The fourth-order valence-corrected chi connectivity index (χ4v) is 1.24. The number of guanidine groups is 1. The first kappa shape index (κ1) is 14.9. The summed E-state index contributed by atoms with van der Waals surface area (Å²) in [5.74, 6) is -0.763. The van der Waals surface area contributed by atoms with Gasteiger partial charge in [0.25, 0.3) is 0 Å². The molecule has 2 amide bonds. The summed E-state index contributed by atoms with van der Waals surface area (Å²) in [6.07, 6.45) is 1.00. The molecule has 0 aromatic rings. The molecule has 0 aliphatic carbocycles. The van der Waals surface area contributed by atoms with Gasteiger partial charge in [0.15, 0.2) is 5.96 Å². The molecule has 8 heteroatoms. The lowest BCUT2D eigenvalue weighted by atomic mass is 10.1. The summed E-state index contributed by atoms with van der Waals surface area (Å²) in [5.41, 5.74) is 15.4. The molecule has 0 aromatic heterocycles. The molecule has 7 nitrogen and oxygen atoms in total.